The summed E-state index contributed by atoms with van der Waals surface area (Å²) < 4.78 is 7.14. The molecule has 0 amide bonds. The number of fused-ring (bicyclic) bond motifs is 1. The SMILES string of the molecule is Cc1cc2c(c(C)c1Br)C(c1ccc(C(C)C)cc1)CO2. The van der Waals surface area contributed by atoms with E-state index in [4.69, 9.17) is 4.74 Å². The topological polar surface area (TPSA) is 9.23 Å². The number of ether oxygens (including phenoxy) is 1. The van der Waals surface area contributed by atoms with E-state index < -0.39 is 0 Å². The molecule has 0 aromatic heterocycles. The van der Waals surface area contributed by atoms with E-state index >= 15 is 0 Å². The van der Waals surface area contributed by atoms with E-state index in [0.29, 0.717) is 11.8 Å². The van der Waals surface area contributed by atoms with Crippen molar-refractivity contribution in [3.63, 3.8) is 0 Å². The van der Waals surface area contributed by atoms with Crippen molar-refractivity contribution in [3.05, 3.63) is 62.6 Å². The van der Waals surface area contributed by atoms with Gasteiger partial charge in [0.05, 0.1) is 6.61 Å². The molecule has 0 saturated heterocycles. The molecule has 0 spiro atoms. The fourth-order valence-corrected chi connectivity index (χ4v) is 3.45. The lowest BCUT2D eigenvalue weighted by Crippen LogP contribution is -2.04. The molecule has 0 fully saturated rings. The standard InChI is InChI=1S/C19H21BrO/c1-11(2)14-5-7-15(8-6-14)16-10-21-17-9-12(3)19(20)13(4)18(16)17/h5-9,11,16H,10H2,1-4H3. The molecule has 2 heteroatoms. The second kappa shape index (κ2) is 5.49. The van der Waals surface area contributed by atoms with Gasteiger partial charge in [-0.1, -0.05) is 54.0 Å². The first-order chi connectivity index (χ1) is 9.99. The molecule has 1 atom stereocenters. The molecule has 2 aromatic rings. The van der Waals surface area contributed by atoms with Gasteiger partial charge < -0.3 is 4.74 Å². The smallest absolute Gasteiger partial charge is 0.123 e. The average Bonchev–Trinajstić information content (AvgIpc) is 2.88. The number of hydrogen-bond donors (Lipinski definition) is 0. The quantitative estimate of drug-likeness (QED) is 0.677. The van der Waals surface area contributed by atoms with Crippen molar-refractivity contribution in [1.82, 2.24) is 0 Å². The molecule has 1 nitrogen and oxygen atoms in total. The van der Waals surface area contributed by atoms with Gasteiger partial charge in [0.25, 0.3) is 0 Å². The molecule has 1 aliphatic rings. The Labute approximate surface area is 135 Å². The van der Waals surface area contributed by atoms with Crippen molar-refractivity contribution in [2.45, 2.75) is 39.5 Å². The molecule has 1 aliphatic heterocycles. The summed E-state index contributed by atoms with van der Waals surface area (Å²) in [5.41, 5.74) is 6.61. The van der Waals surface area contributed by atoms with Crippen LogP contribution in [0.25, 0.3) is 0 Å². The zero-order valence-corrected chi connectivity index (χ0v) is 14.6. The molecule has 110 valence electrons. The zero-order chi connectivity index (χ0) is 15.1. The molecule has 0 aliphatic carbocycles. The molecule has 3 rings (SSSR count). The maximum Gasteiger partial charge on any atom is 0.123 e. The predicted octanol–water partition coefficient (Wildman–Crippen LogP) is 5.71. The Balaban J connectivity index is 2.03. The van der Waals surface area contributed by atoms with Crippen molar-refractivity contribution in [3.8, 4) is 5.75 Å². The highest BCUT2D eigenvalue weighted by molar-refractivity contribution is 9.10. The van der Waals surface area contributed by atoms with E-state index in [9.17, 15) is 0 Å². The predicted molar refractivity (Wildman–Crippen MR) is 91.5 cm³/mol. The van der Waals surface area contributed by atoms with Gasteiger partial charge in [0.1, 0.15) is 5.75 Å². The second-order valence-electron chi connectivity index (χ2n) is 6.23. The van der Waals surface area contributed by atoms with Crippen LogP contribution in [-0.4, -0.2) is 6.61 Å². The monoisotopic (exact) mass is 344 g/mol. The number of aryl methyl sites for hydroxylation is 1. The van der Waals surface area contributed by atoms with Crippen molar-refractivity contribution in [1.29, 1.82) is 0 Å². The van der Waals surface area contributed by atoms with Crippen LogP contribution in [0.3, 0.4) is 0 Å². The highest BCUT2D eigenvalue weighted by Crippen LogP contribution is 2.44. The molecule has 1 unspecified atom stereocenters. The molecule has 0 radical (unpaired) electrons. The third kappa shape index (κ3) is 2.50. The summed E-state index contributed by atoms with van der Waals surface area (Å²) in [6, 6.07) is 11.2. The summed E-state index contributed by atoms with van der Waals surface area (Å²) in [7, 11) is 0. The molecular formula is C19H21BrO. The van der Waals surface area contributed by atoms with Gasteiger partial charge in [0.2, 0.25) is 0 Å². The fraction of sp³-hybridized carbons (Fsp3) is 0.368. The van der Waals surface area contributed by atoms with Gasteiger partial charge in [-0.25, -0.2) is 0 Å². The largest absolute Gasteiger partial charge is 0.492 e. The van der Waals surface area contributed by atoms with Crippen LogP contribution in [0.5, 0.6) is 5.75 Å². The number of rotatable bonds is 2. The van der Waals surface area contributed by atoms with Gasteiger partial charge >= 0.3 is 0 Å². The van der Waals surface area contributed by atoms with E-state index in [1.807, 2.05) is 0 Å². The minimum absolute atomic E-state index is 0.345. The van der Waals surface area contributed by atoms with Gasteiger partial charge in [0.15, 0.2) is 0 Å². The summed E-state index contributed by atoms with van der Waals surface area (Å²) in [5.74, 6) is 1.97. The van der Waals surface area contributed by atoms with E-state index in [0.717, 1.165) is 12.4 Å². The average molecular weight is 345 g/mol. The van der Waals surface area contributed by atoms with Crippen LogP contribution in [0.15, 0.2) is 34.8 Å². The van der Waals surface area contributed by atoms with Crippen LogP contribution in [0.4, 0.5) is 0 Å². The zero-order valence-electron chi connectivity index (χ0n) is 13.0. The van der Waals surface area contributed by atoms with Crippen LogP contribution in [0.1, 0.15) is 53.5 Å². The van der Waals surface area contributed by atoms with Crippen LogP contribution in [0.2, 0.25) is 0 Å². The van der Waals surface area contributed by atoms with Crippen LogP contribution in [0, 0.1) is 13.8 Å². The van der Waals surface area contributed by atoms with Crippen molar-refractivity contribution < 1.29 is 4.74 Å². The van der Waals surface area contributed by atoms with Crippen LogP contribution in [-0.2, 0) is 0 Å². The van der Waals surface area contributed by atoms with E-state index in [1.54, 1.807) is 0 Å². The lowest BCUT2D eigenvalue weighted by molar-refractivity contribution is 0.343. The molecule has 21 heavy (non-hydrogen) atoms. The Morgan fingerprint density at radius 3 is 2.43 bits per heavy atom. The number of benzene rings is 2. The Morgan fingerprint density at radius 2 is 1.81 bits per heavy atom. The molecule has 0 bridgehead atoms. The van der Waals surface area contributed by atoms with E-state index in [-0.39, 0.29) is 0 Å². The Kier molecular flexibility index (Phi) is 3.83. The Hall–Kier alpha value is -1.28. The maximum absolute atomic E-state index is 5.94. The summed E-state index contributed by atoms with van der Waals surface area (Å²) in [6.45, 7) is 9.50. The van der Waals surface area contributed by atoms with Gasteiger partial charge in [-0.05, 0) is 48.1 Å². The van der Waals surface area contributed by atoms with E-state index in [1.165, 1.54) is 32.3 Å². The second-order valence-corrected chi connectivity index (χ2v) is 7.02. The van der Waals surface area contributed by atoms with Crippen molar-refractivity contribution in [2.75, 3.05) is 6.61 Å². The first-order valence-corrected chi connectivity index (χ1v) is 8.30. The summed E-state index contributed by atoms with van der Waals surface area (Å²) >= 11 is 3.71. The third-order valence-corrected chi connectivity index (χ3v) is 5.67. The maximum atomic E-state index is 5.94. The number of halogens is 1. The normalized spacial score (nSPS) is 17.0. The highest BCUT2D eigenvalue weighted by atomic mass is 79.9. The summed E-state index contributed by atoms with van der Waals surface area (Å²) in [4.78, 5) is 0. The molecule has 0 saturated carbocycles. The molecule has 2 aromatic carbocycles. The Morgan fingerprint density at radius 1 is 1.14 bits per heavy atom. The minimum Gasteiger partial charge on any atom is -0.492 e. The lowest BCUT2D eigenvalue weighted by atomic mass is 9.88. The van der Waals surface area contributed by atoms with Crippen molar-refractivity contribution >= 4 is 15.9 Å². The molecular weight excluding hydrogens is 324 g/mol. The fourth-order valence-electron chi connectivity index (χ4n) is 3.12. The van der Waals surface area contributed by atoms with Gasteiger partial charge in [-0.2, -0.15) is 0 Å². The first-order valence-electron chi connectivity index (χ1n) is 7.51. The van der Waals surface area contributed by atoms with Gasteiger partial charge in [-0.3, -0.25) is 0 Å². The minimum atomic E-state index is 0.345. The molecule has 1 heterocycles. The first kappa shape index (κ1) is 14.6. The summed E-state index contributed by atoms with van der Waals surface area (Å²) in [5, 5.41) is 0. The number of hydrogen-bond acceptors (Lipinski definition) is 1. The van der Waals surface area contributed by atoms with Gasteiger partial charge in [-0.15, -0.1) is 0 Å². The van der Waals surface area contributed by atoms with Gasteiger partial charge in [0, 0.05) is 16.0 Å². The van der Waals surface area contributed by atoms with Crippen LogP contribution < -0.4 is 4.74 Å². The van der Waals surface area contributed by atoms with Crippen molar-refractivity contribution in [2.24, 2.45) is 0 Å². The Bertz CT molecular complexity index is 671. The summed E-state index contributed by atoms with van der Waals surface area (Å²) in [6.07, 6.45) is 0. The third-order valence-electron chi connectivity index (χ3n) is 4.45. The highest BCUT2D eigenvalue weighted by Gasteiger charge is 2.29. The van der Waals surface area contributed by atoms with Crippen LogP contribution >= 0.6 is 15.9 Å². The lowest BCUT2D eigenvalue weighted by Gasteiger charge is -2.15. The van der Waals surface area contributed by atoms with E-state index in [2.05, 4.69) is 74.0 Å². The molecule has 0 N–H and O–H groups in total.